The van der Waals surface area contributed by atoms with Crippen LogP contribution in [0.1, 0.15) is 85.0 Å². The second-order valence-corrected chi connectivity index (χ2v) is 14.2. The van der Waals surface area contributed by atoms with Crippen LogP contribution >= 0.6 is 0 Å². The fourth-order valence-corrected chi connectivity index (χ4v) is 8.58. The van der Waals surface area contributed by atoms with Crippen LogP contribution in [0.4, 0.5) is 0 Å². The smallest absolute Gasteiger partial charge is 0.350 e. The Hall–Kier alpha value is -2.60. The van der Waals surface area contributed by atoms with Crippen LogP contribution in [-0.2, 0) is 23.9 Å². The Morgan fingerprint density at radius 2 is 1.91 bits per heavy atom. The molecule has 2 saturated heterocycles. The van der Waals surface area contributed by atoms with Crippen molar-refractivity contribution < 1.29 is 23.9 Å². The number of ether oxygens (including phenoxy) is 2. The van der Waals surface area contributed by atoms with Crippen LogP contribution in [0.25, 0.3) is 0 Å². The molecule has 0 aromatic rings. The average Bonchev–Trinajstić information content (AvgIpc) is 3.77. The maximum Gasteiger partial charge on any atom is 0.350 e. The van der Waals surface area contributed by atoms with Gasteiger partial charge in [0.2, 0.25) is 0 Å². The molecule has 5 rings (SSSR count). The monoisotopic (exact) mass is 640 g/mol. The highest BCUT2D eigenvalue weighted by molar-refractivity contribution is 6.23. The third kappa shape index (κ3) is 6.70. The summed E-state index contributed by atoms with van der Waals surface area (Å²) in [4.78, 5) is 46.5. The minimum absolute atomic E-state index is 0.00646. The Morgan fingerprint density at radius 1 is 1.17 bits per heavy atom. The number of carbonyl (C=O) groups is 3. The Balaban J connectivity index is 1.35. The largest absolute Gasteiger partial charge is 0.463 e. The zero-order valence-corrected chi connectivity index (χ0v) is 28.2. The molecular weight excluding hydrogens is 584 g/mol. The van der Waals surface area contributed by atoms with Gasteiger partial charge in [-0.3, -0.25) is 14.6 Å². The molecule has 10 atom stereocenters. The van der Waals surface area contributed by atoms with E-state index in [0.29, 0.717) is 31.1 Å². The van der Waals surface area contributed by atoms with Gasteiger partial charge in [-0.1, -0.05) is 50.5 Å². The van der Waals surface area contributed by atoms with Crippen molar-refractivity contribution in [2.75, 3.05) is 26.7 Å². The number of allylic oxidation sites excluding steroid dienone is 1. The number of likely N-dealkylation sites (N-methyl/N-ethyl adjacent to an activating group) is 1. The summed E-state index contributed by atoms with van der Waals surface area (Å²) < 4.78 is 12.2. The van der Waals surface area contributed by atoms with E-state index in [-0.39, 0.29) is 54.7 Å². The van der Waals surface area contributed by atoms with Gasteiger partial charge in [-0.2, -0.15) is 0 Å². The molecule has 2 aliphatic heterocycles. The number of ketones is 2. The van der Waals surface area contributed by atoms with E-state index in [2.05, 4.69) is 46.9 Å². The van der Waals surface area contributed by atoms with Gasteiger partial charge in [0.15, 0.2) is 23.1 Å². The number of rotatable bonds is 12. The summed E-state index contributed by atoms with van der Waals surface area (Å²) in [6.07, 6.45) is 13.8. The van der Waals surface area contributed by atoms with Crippen LogP contribution in [0, 0.1) is 29.6 Å². The predicted molar refractivity (Wildman–Crippen MR) is 178 cm³/mol. The summed E-state index contributed by atoms with van der Waals surface area (Å²) in [5.74, 6) is -0.836. The van der Waals surface area contributed by atoms with E-state index in [1.165, 1.54) is 0 Å². The van der Waals surface area contributed by atoms with Crippen molar-refractivity contribution in [3.63, 3.8) is 0 Å². The van der Waals surface area contributed by atoms with Crippen molar-refractivity contribution in [2.24, 2.45) is 46.0 Å². The summed E-state index contributed by atoms with van der Waals surface area (Å²) in [6.45, 7) is 8.02. The molecule has 0 aromatic heterocycles. The van der Waals surface area contributed by atoms with Gasteiger partial charge < -0.3 is 36.9 Å². The summed E-state index contributed by atoms with van der Waals surface area (Å²) in [6, 6.07) is 0.0795. The zero-order chi connectivity index (χ0) is 33.1. The van der Waals surface area contributed by atoms with Gasteiger partial charge in [-0.05, 0) is 76.8 Å². The zero-order valence-electron chi connectivity index (χ0n) is 28.2. The molecule has 4 unspecified atom stereocenters. The predicted octanol–water partition coefficient (Wildman–Crippen LogP) is 2.49. The Kier molecular flexibility index (Phi) is 11.1. The molecule has 11 heteroatoms. The molecule has 2 heterocycles. The number of guanidine groups is 1. The SMILES string of the molecule is CCN[C@@H]1C=C[C@H](CC)C[C@H]1COC(=O)[C@]12O[C@@]1(CC=C(C)C[C@@H](NC(N)=NC)C1CCNC(N)C1)C(=O)C1CCCCC1C2=O. The number of hydrogen-bond donors (Lipinski definition) is 5. The molecule has 11 nitrogen and oxygen atoms in total. The number of carbonyl (C=O) groups excluding carboxylic acids is 3. The molecule has 5 aliphatic rings. The molecule has 2 saturated carbocycles. The molecule has 0 amide bonds. The number of esters is 1. The van der Waals surface area contributed by atoms with E-state index in [1.807, 2.05) is 13.0 Å². The van der Waals surface area contributed by atoms with Crippen molar-refractivity contribution in [2.45, 2.75) is 114 Å². The Morgan fingerprint density at radius 3 is 2.59 bits per heavy atom. The average molecular weight is 641 g/mol. The van der Waals surface area contributed by atoms with E-state index < -0.39 is 29.0 Å². The number of epoxide rings is 1. The molecule has 3 aliphatic carbocycles. The molecule has 0 bridgehead atoms. The molecule has 256 valence electrons. The number of aliphatic imine (C=N–C) groups is 1. The minimum Gasteiger partial charge on any atom is -0.463 e. The number of nitrogens with two attached hydrogens (primary N) is 2. The van der Waals surface area contributed by atoms with Crippen LogP contribution in [0.5, 0.6) is 0 Å². The molecular formula is C35H56N6O5. The molecule has 0 spiro atoms. The summed E-state index contributed by atoms with van der Waals surface area (Å²) in [5, 5.41) is 10.1. The first kappa shape index (κ1) is 34.7. The van der Waals surface area contributed by atoms with Gasteiger partial charge >= 0.3 is 5.97 Å². The highest BCUT2D eigenvalue weighted by Gasteiger charge is 2.86. The Labute approximate surface area is 274 Å². The standard InChI is InChI=1S/C35H56N6O5/c1-5-22-11-12-27(39-6-2)24(18-22)20-45-32(44)35-31(43)26-10-8-7-9-25(26)30(42)34(35,46-35)15-13-21(3)17-28(41-33(37)38-4)23-14-16-40-29(36)19-23/h11-13,22-29,39-40H,5-10,14-20,36H2,1-4H3,(H3,37,38,41)/t22-,23?,24-,25?,26?,27+,28+,29?,34-,35-/m0/s1. The lowest BCUT2D eigenvalue weighted by Gasteiger charge is -2.37. The van der Waals surface area contributed by atoms with Gasteiger partial charge in [0.1, 0.15) is 0 Å². The van der Waals surface area contributed by atoms with Crippen LogP contribution in [-0.4, -0.2) is 79.7 Å². The quantitative estimate of drug-likeness (QED) is 0.0533. The summed E-state index contributed by atoms with van der Waals surface area (Å²) in [7, 11) is 1.65. The van der Waals surface area contributed by atoms with Crippen LogP contribution in [0.15, 0.2) is 28.8 Å². The number of hydrogen-bond acceptors (Lipinski definition) is 9. The van der Waals surface area contributed by atoms with Gasteiger partial charge in [-0.15, -0.1) is 0 Å². The van der Waals surface area contributed by atoms with E-state index >= 15 is 0 Å². The van der Waals surface area contributed by atoms with Crippen molar-refractivity contribution in [3.8, 4) is 0 Å². The van der Waals surface area contributed by atoms with Crippen LogP contribution in [0.3, 0.4) is 0 Å². The van der Waals surface area contributed by atoms with Crippen molar-refractivity contribution in [1.29, 1.82) is 0 Å². The van der Waals surface area contributed by atoms with Gasteiger partial charge in [0.05, 0.1) is 12.8 Å². The molecule has 7 N–H and O–H groups in total. The number of piperidine rings is 1. The second-order valence-electron chi connectivity index (χ2n) is 14.2. The Bertz CT molecular complexity index is 1240. The van der Waals surface area contributed by atoms with Crippen molar-refractivity contribution in [3.05, 3.63) is 23.8 Å². The lowest BCUT2D eigenvalue weighted by Crippen LogP contribution is -2.58. The fraction of sp³-hybridized carbons (Fsp3) is 0.771. The van der Waals surface area contributed by atoms with E-state index in [9.17, 15) is 14.4 Å². The molecule has 0 radical (unpaired) electrons. The van der Waals surface area contributed by atoms with E-state index in [1.54, 1.807) is 7.05 Å². The van der Waals surface area contributed by atoms with E-state index in [4.69, 9.17) is 20.9 Å². The maximum absolute atomic E-state index is 14.2. The molecule has 0 aromatic carbocycles. The highest BCUT2D eigenvalue weighted by Crippen LogP contribution is 2.61. The van der Waals surface area contributed by atoms with Crippen LogP contribution in [0.2, 0.25) is 0 Å². The lowest BCUT2D eigenvalue weighted by atomic mass is 9.61. The third-order valence-corrected chi connectivity index (χ3v) is 11.3. The minimum atomic E-state index is -1.86. The number of nitrogens with zero attached hydrogens (tertiary/aromatic N) is 1. The molecule has 4 fully saturated rings. The highest BCUT2D eigenvalue weighted by atomic mass is 16.7. The van der Waals surface area contributed by atoms with Gasteiger partial charge in [0.25, 0.3) is 5.60 Å². The lowest BCUT2D eigenvalue weighted by molar-refractivity contribution is -0.160. The first-order valence-electron chi connectivity index (χ1n) is 17.6. The van der Waals surface area contributed by atoms with E-state index in [0.717, 1.165) is 57.2 Å². The van der Waals surface area contributed by atoms with Crippen molar-refractivity contribution >= 4 is 23.5 Å². The normalized spacial score (nSPS) is 38.5. The van der Waals surface area contributed by atoms with Gasteiger partial charge in [0, 0.05) is 43.3 Å². The fourth-order valence-electron chi connectivity index (χ4n) is 8.58. The summed E-state index contributed by atoms with van der Waals surface area (Å²) in [5.41, 5.74) is 9.95. The summed E-state index contributed by atoms with van der Waals surface area (Å²) >= 11 is 0. The third-order valence-electron chi connectivity index (χ3n) is 11.3. The number of nitrogens with one attached hydrogen (secondary N) is 3. The first-order chi connectivity index (χ1) is 22.1. The number of fused-ring (bicyclic) bond motifs is 2. The maximum atomic E-state index is 14.2. The van der Waals surface area contributed by atoms with Crippen molar-refractivity contribution in [1.82, 2.24) is 16.0 Å². The van der Waals surface area contributed by atoms with Gasteiger partial charge in [-0.25, -0.2) is 4.79 Å². The first-order valence-corrected chi connectivity index (χ1v) is 17.6. The second kappa shape index (κ2) is 14.7. The molecule has 46 heavy (non-hydrogen) atoms. The number of Topliss-reactive ketones (excluding diaryl/α,β-unsaturated/α-hetero) is 2. The topological polar surface area (TPSA) is 173 Å². The van der Waals surface area contributed by atoms with Crippen LogP contribution < -0.4 is 27.4 Å².